The Morgan fingerprint density at radius 2 is 2.11 bits per heavy atom. The maximum atomic E-state index is 12.9. The number of β-lactam (4-membered cyclic amide) rings is 1. The molecule has 19 heteroatoms. The van der Waals surface area contributed by atoms with Crippen molar-refractivity contribution in [1.29, 1.82) is 0 Å². The number of nitrogens with two attached hydrogens (primary N) is 1. The van der Waals surface area contributed by atoms with E-state index >= 15 is 0 Å². The number of carboxylic acids is 1. The zero-order valence-corrected chi connectivity index (χ0v) is 24.0. The number of aromatic amines is 1. The number of amides is 2. The van der Waals surface area contributed by atoms with Gasteiger partial charge in [0.15, 0.2) is 16.0 Å². The Bertz CT molecular complexity index is 1430. The summed E-state index contributed by atoms with van der Waals surface area (Å²) >= 11 is 3.35. The molecule has 0 aliphatic carbocycles. The van der Waals surface area contributed by atoms with Gasteiger partial charge in [0.2, 0.25) is 0 Å². The first-order valence-electron chi connectivity index (χ1n) is 9.94. The third-order valence-corrected chi connectivity index (χ3v) is 8.14. The van der Waals surface area contributed by atoms with Gasteiger partial charge in [0.05, 0.1) is 11.7 Å². The number of nitrogen functional groups attached to an aromatic ring is 1. The average molecular weight is 577 g/mol. The van der Waals surface area contributed by atoms with Crippen LogP contribution in [0.4, 0.5) is 5.13 Å². The van der Waals surface area contributed by atoms with Gasteiger partial charge in [-0.3, -0.25) is 33.9 Å². The topological polar surface area (TPSA) is 218 Å². The minimum Gasteiger partial charge on any atom is -0.543 e. The van der Waals surface area contributed by atoms with Crippen molar-refractivity contribution < 1.29 is 53.9 Å². The van der Waals surface area contributed by atoms with Gasteiger partial charge in [-0.25, -0.2) is 4.98 Å². The zero-order valence-electron chi connectivity index (χ0n) is 19.5. The van der Waals surface area contributed by atoms with E-state index in [9.17, 15) is 29.1 Å². The van der Waals surface area contributed by atoms with Crippen LogP contribution in [0.15, 0.2) is 36.6 Å². The largest absolute Gasteiger partial charge is 1.00 e. The second-order valence-electron chi connectivity index (χ2n) is 7.28. The molecular formula is C18H17N8NaO7S3. The van der Waals surface area contributed by atoms with E-state index in [1.165, 1.54) is 36.0 Å². The van der Waals surface area contributed by atoms with Gasteiger partial charge in [0, 0.05) is 23.9 Å². The van der Waals surface area contributed by atoms with Gasteiger partial charge < -0.3 is 25.8 Å². The molecule has 2 aliphatic heterocycles. The van der Waals surface area contributed by atoms with E-state index in [4.69, 9.17) is 10.6 Å². The van der Waals surface area contributed by atoms with Crippen LogP contribution in [-0.2, 0) is 26.3 Å². The van der Waals surface area contributed by atoms with E-state index in [0.29, 0.717) is 5.57 Å². The molecule has 4 heterocycles. The van der Waals surface area contributed by atoms with Gasteiger partial charge in [-0.15, -0.1) is 23.1 Å². The van der Waals surface area contributed by atoms with Gasteiger partial charge in [-0.2, -0.15) is 4.98 Å². The summed E-state index contributed by atoms with van der Waals surface area (Å²) in [5.74, 6) is -2.68. The fourth-order valence-electron chi connectivity index (χ4n) is 3.43. The average Bonchev–Trinajstić information content (AvgIpc) is 3.27. The number of carbonyl (C=O) groups is 3. The molecule has 0 bridgehead atoms. The monoisotopic (exact) mass is 576 g/mol. The van der Waals surface area contributed by atoms with Gasteiger partial charge in [0.1, 0.15) is 24.2 Å². The molecule has 4 N–H and O–H groups in total. The molecule has 0 radical (unpaired) electrons. The van der Waals surface area contributed by atoms with Crippen LogP contribution in [0.1, 0.15) is 5.69 Å². The third kappa shape index (κ3) is 5.78. The molecule has 4 rings (SSSR count). The zero-order chi connectivity index (χ0) is 26.1. The van der Waals surface area contributed by atoms with Crippen molar-refractivity contribution in [1.82, 2.24) is 30.0 Å². The SMILES string of the molecule is CO/N=C(/C(=O)N[C@@H]1C(=O)N2C(C(=O)[O-])=C(CSc3nc(=O)c(=O)[nH]n3C)CSC12)c1csc(N)n1.[Na+]. The van der Waals surface area contributed by atoms with Gasteiger partial charge in [0.25, 0.3) is 11.8 Å². The van der Waals surface area contributed by atoms with Gasteiger partial charge in [-0.05, 0) is 5.57 Å². The van der Waals surface area contributed by atoms with Crippen molar-refractivity contribution in [2.75, 3.05) is 24.3 Å². The number of hydrogen-bond donors (Lipinski definition) is 3. The van der Waals surface area contributed by atoms with E-state index in [-0.39, 0.29) is 68.5 Å². The maximum Gasteiger partial charge on any atom is 1.00 e. The van der Waals surface area contributed by atoms with Crippen molar-refractivity contribution in [2.24, 2.45) is 12.2 Å². The fraction of sp³-hybridized carbons (Fsp3) is 0.333. The van der Waals surface area contributed by atoms with Crippen molar-refractivity contribution in [2.45, 2.75) is 16.6 Å². The second-order valence-corrected chi connectivity index (χ2v) is 10.2. The molecule has 2 atom stereocenters. The number of thiazole rings is 1. The second kappa shape index (κ2) is 11.8. The number of oxime groups is 1. The molecule has 1 saturated heterocycles. The summed E-state index contributed by atoms with van der Waals surface area (Å²) in [6, 6.07) is -1.02. The Balaban J connectivity index is 0.00000380. The van der Waals surface area contributed by atoms with Crippen LogP contribution in [-0.4, -0.2) is 78.2 Å². The third-order valence-electron chi connectivity index (χ3n) is 5.01. The van der Waals surface area contributed by atoms with Crippen LogP contribution in [0, 0.1) is 0 Å². The number of aryl methyl sites for hydroxylation is 1. The van der Waals surface area contributed by atoms with E-state index in [1.807, 2.05) is 0 Å². The summed E-state index contributed by atoms with van der Waals surface area (Å²) in [6.07, 6.45) is 0. The molecule has 1 fully saturated rings. The van der Waals surface area contributed by atoms with Crippen LogP contribution in [0.25, 0.3) is 0 Å². The normalized spacial score (nSPS) is 19.0. The minimum atomic E-state index is -1.56. The Kier molecular flexibility index (Phi) is 9.24. The quantitative estimate of drug-likeness (QED) is 0.0668. The molecule has 2 aromatic heterocycles. The maximum absolute atomic E-state index is 12.9. The van der Waals surface area contributed by atoms with E-state index in [0.717, 1.165) is 28.0 Å². The predicted octanol–water partition coefficient (Wildman–Crippen LogP) is -5.94. The summed E-state index contributed by atoms with van der Waals surface area (Å²) in [7, 11) is 2.72. The summed E-state index contributed by atoms with van der Waals surface area (Å²) in [6.45, 7) is 0. The van der Waals surface area contributed by atoms with E-state index in [2.05, 4.69) is 25.5 Å². The number of aromatic nitrogens is 4. The summed E-state index contributed by atoms with van der Waals surface area (Å²) in [5.41, 5.74) is 3.77. The van der Waals surface area contributed by atoms with E-state index < -0.39 is 40.3 Å². The van der Waals surface area contributed by atoms with Crippen molar-refractivity contribution in [3.05, 3.63) is 43.1 Å². The molecule has 190 valence electrons. The molecule has 0 spiro atoms. The summed E-state index contributed by atoms with van der Waals surface area (Å²) < 4.78 is 1.24. The first kappa shape index (κ1) is 28.9. The summed E-state index contributed by atoms with van der Waals surface area (Å²) in [5, 5.41) is 21.6. The fourth-order valence-corrected chi connectivity index (χ4v) is 6.38. The first-order chi connectivity index (χ1) is 17.1. The molecule has 2 aliphatic rings. The molecular weight excluding hydrogens is 559 g/mol. The molecule has 15 nitrogen and oxygen atoms in total. The van der Waals surface area contributed by atoms with Crippen molar-refractivity contribution >= 4 is 63.5 Å². The molecule has 2 aromatic rings. The summed E-state index contributed by atoms with van der Waals surface area (Å²) in [4.78, 5) is 74.0. The molecule has 1 unspecified atom stereocenters. The molecule has 0 aromatic carbocycles. The number of aliphatic carboxylic acids is 1. The van der Waals surface area contributed by atoms with Crippen LogP contribution in [0.3, 0.4) is 0 Å². The van der Waals surface area contributed by atoms with Gasteiger partial charge in [-0.1, -0.05) is 16.9 Å². The smallest absolute Gasteiger partial charge is 0.543 e. The van der Waals surface area contributed by atoms with Crippen molar-refractivity contribution in [3.8, 4) is 0 Å². The number of nitrogens with zero attached hydrogens (tertiary/aromatic N) is 5. The van der Waals surface area contributed by atoms with Crippen LogP contribution < -0.4 is 56.8 Å². The Morgan fingerprint density at radius 3 is 2.73 bits per heavy atom. The number of rotatable bonds is 8. The number of nitrogens with one attached hydrogen (secondary N) is 2. The van der Waals surface area contributed by atoms with E-state index in [1.54, 1.807) is 0 Å². The number of H-pyrrole nitrogens is 1. The number of fused-ring (bicyclic) bond motifs is 1. The first-order valence-corrected chi connectivity index (χ1v) is 12.8. The molecule has 2 amide bonds. The number of hydrogen-bond acceptors (Lipinski definition) is 14. The number of carboxylic acid groups (broad SMARTS) is 1. The van der Waals surface area contributed by atoms with Crippen LogP contribution >= 0.6 is 34.9 Å². The Hall–Kier alpha value is -2.64. The number of carbonyl (C=O) groups excluding carboxylic acids is 3. The number of thioether (sulfide) groups is 2. The Morgan fingerprint density at radius 1 is 1.38 bits per heavy atom. The van der Waals surface area contributed by atoms with Crippen LogP contribution in [0.5, 0.6) is 0 Å². The van der Waals surface area contributed by atoms with Crippen LogP contribution in [0.2, 0.25) is 0 Å². The van der Waals surface area contributed by atoms with Gasteiger partial charge >= 0.3 is 40.7 Å². The predicted molar refractivity (Wildman–Crippen MR) is 128 cm³/mol. The number of anilines is 1. The molecule has 37 heavy (non-hydrogen) atoms. The van der Waals surface area contributed by atoms with Crippen molar-refractivity contribution in [3.63, 3.8) is 0 Å². The molecule has 0 saturated carbocycles. The Labute approximate surface area is 242 Å². The standard InChI is InChI=1S/C18H18N8O7S3.Na/c1-25-18(22-12(28)13(29)23-25)36-4-6-3-34-15-9(14(30)26(15)10(6)16(31)32)21-11(27)8(24-33-2)7-5-35-17(19)20-7;/h5,9,15H,3-4H2,1-2H3,(H2,19,20)(H,21,27)(H,23,29)(H,31,32);/q;+1/p-1/b24-8+;/t9-,15?;/m1./s1. The minimum absolute atomic E-state index is 0.